The van der Waals surface area contributed by atoms with Gasteiger partial charge < -0.3 is 20.5 Å². The van der Waals surface area contributed by atoms with Gasteiger partial charge in [-0.25, -0.2) is 0 Å². The lowest BCUT2D eigenvalue weighted by Crippen LogP contribution is -2.23. The van der Waals surface area contributed by atoms with Crippen molar-refractivity contribution >= 4 is 29.7 Å². The molecule has 1 unspecified atom stereocenters. The van der Waals surface area contributed by atoms with Gasteiger partial charge >= 0.3 is 6.18 Å². The molecule has 9 heteroatoms. The molecule has 0 saturated carbocycles. The Kier molecular flexibility index (Phi) is 6.10. The molecule has 0 spiro atoms. The quantitative estimate of drug-likeness (QED) is 0.749. The first kappa shape index (κ1) is 20.7. The van der Waals surface area contributed by atoms with E-state index in [0.717, 1.165) is 12.1 Å². The van der Waals surface area contributed by atoms with Crippen molar-refractivity contribution in [2.24, 2.45) is 5.92 Å². The number of rotatable bonds is 4. The molecule has 3 N–H and O–H groups in total. The third kappa shape index (κ3) is 4.77. The molecule has 1 heterocycles. The van der Waals surface area contributed by atoms with Crippen LogP contribution in [0.3, 0.4) is 0 Å². The van der Waals surface area contributed by atoms with Crippen LogP contribution >= 0.6 is 12.4 Å². The fourth-order valence-corrected chi connectivity index (χ4v) is 2.64. The van der Waals surface area contributed by atoms with Gasteiger partial charge in [0.25, 0.3) is 0 Å². The van der Waals surface area contributed by atoms with Gasteiger partial charge in [-0.2, -0.15) is 13.2 Å². The van der Waals surface area contributed by atoms with Gasteiger partial charge in [-0.15, -0.1) is 12.4 Å². The maximum absolute atomic E-state index is 12.8. The Morgan fingerprint density at radius 1 is 1.22 bits per heavy atom. The maximum Gasteiger partial charge on any atom is 0.416 e. The second kappa shape index (κ2) is 7.96. The van der Waals surface area contributed by atoms with Crippen LogP contribution in [-0.2, 0) is 17.4 Å². The molecular weight excluding hydrogens is 385 g/mol. The van der Waals surface area contributed by atoms with Crippen molar-refractivity contribution in [2.45, 2.75) is 19.5 Å². The number of carbonyl (C=O) groups excluding carboxylic acids is 1. The summed E-state index contributed by atoms with van der Waals surface area (Å²) in [5.41, 5.74) is 6.27. The van der Waals surface area contributed by atoms with Gasteiger partial charge in [-0.05, 0) is 18.1 Å². The van der Waals surface area contributed by atoms with Crippen LogP contribution < -0.4 is 20.5 Å². The summed E-state index contributed by atoms with van der Waals surface area (Å²) in [6.07, 6.45) is -4.25. The van der Waals surface area contributed by atoms with E-state index >= 15 is 0 Å². The molecule has 1 aliphatic rings. The highest BCUT2D eigenvalue weighted by atomic mass is 35.5. The van der Waals surface area contributed by atoms with Gasteiger partial charge in [-0.1, -0.05) is 25.1 Å². The zero-order valence-corrected chi connectivity index (χ0v) is 15.1. The summed E-state index contributed by atoms with van der Waals surface area (Å²) in [7, 11) is 0. The molecule has 2 aromatic rings. The molecule has 0 fully saturated rings. The summed E-state index contributed by atoms with van der Waals surface area (Å²) in [6, 6.07) is 8.06. The minimum Gasteiger partial charge on any atom is -0.454 e. The number of benzene rings is 2. The Labute approximate surface area is 160 Å². The number of nitrogens with one attached hydrogen (secondary N) is 1. The highest BCUT2D eigenvalue weighted by Gasteiger charge is 2.30. The molecule has 5 nitrogen and oxygen atoms in total. The number of hydrogen-bond donors (Lipinski definition) is 2. The first-order valence-electron chi connectivity index (χ1n) is 7.90. The number of ether oxygens (including phenoxy) is 2. The van der Waals surface area contributed by atoms with E-state index in [0.29, 0.717) is 28.4 Å². The average molecular weight is 403 g/mol. The highest BCUT2D eigenvalue weighted by Crippen LogP contribution is 2.38. The van der Waals surface area contributed by atoms with Crippen LogP contribution in [0.15, 0.2) is 36.4 Å². The minimum absolute atomic E-state index is 0. The van der Waals surface area contributed by atoms with Crippen molar-refractivity contribution in [1.29, 1.82) is 0 Å². The first-order chi connectivity index (χ1) is 12.2. The number of alkyl halides is 3. The second-order valence-electron chi connectivity index (χ2n) is 6.09. The van der Waals surface area contributed by atoms with Crippen molar-refractivity contribution < 1.29 is 27.4 Å². The smallest absolute Gasteiger partial charge is 0.416 e. The van der Waals surface area contributed by atoms with Gasteiger partial charge in [0, 0.05) is 18.1 Å². The summed E-state index contributed by atoms with van der Waals surface area (Å²) < 4.78 is 48.8. The van der Waals surface area contributed by atoms with Gasteiger partial charge in [0.05, 0.1) is 16.9 Å². The molecule has 0 saturated heterocycles. The predicted molar refractivity (Wildman–Crippen MR) is 97.2 cm³/mol. The molecule has 1 amide bonds. The number of nitrogens with two attached hydrogens (primary N) is 1. The zero-order valence-electron chi connectivity index (χ0n) is 14.3. The summed E-state index contributed by atoms with van der Waals surface area (Å²) in [6.45, 7) is 1.72. The monoisotopic (exact) mass is 402 g/mol. The van der Waals surface area contributed by atoms with Gasteiger partial charge in [0.1, 0.15) is 0 Å². The minimum atomic E-state index is -4.41. The maximum atomic E-state index is 12.8. The molecule has 146 valence electrons. The molecule has 1 aliphatic heterocycles. The van der Waals surface area contributed by atoms with Crippen molar-refractivity contribution in [1.82, 2.24) is 0 Å². The summed E-state index contributed by atoms with van der Waals surface area (Å²) in [5.74, 6) is 0.0637. The van der Waals surface area contributed by atoms with Crippen LogP contribution in [0.25, 0.3) is 0 Å². The van der Waals surface area contributed by atoms with E-state index in [-0.39, 0.29) is 31.5 Å². The molecule has 3 rings (SSSR count). The third-order valence-corrected chi connectivity index (χ3v) is 4.05. The standard InChI is InChI=1S/C18H17F3N2O3.ClH/c1-10(5-11-3-2-4-12(6-11)18(19,20)21)17(24)23-14-8-16-15(7-13(14)22)25-9-26-16;/h2-4,6-8,10H,5,9,22H2,1H3,(H,23,24);1H. The van der Waals surface area contributed by atoms with E-state index in [4.69, 9.17) is 15.2 Å². The van der Waals surface area contributed by atoms with Gasteiger partial charge in [-0.3, -0.25) is 4.79 Å². The lowest BCUT2D eigenvalue weighted by atomic mass is 9.98. The number of hydrogen-bond acceptors (Lipinski definition) is 4. The highest BCUT2D eigenvalue weighted by molar-refractivity contribution is 5.96. The number of halogens is 4. The van der Waals surface area contributed by atoms with E-state index in [9.17, 15) is 18.0 Å². The summed E-state index contributed by atoms with van der Waals surface area (Å²) in [5, 5.41) is 2.68. The predicted octanol–water partition coefficient (Wildman–Crippen LogP) is 4.26. The second-order valence-corrected chi connectivity index (χ2v) is 6.09. The van der Waals surface area contributed by atoms with Crippen molar-refractivity contribution in [3.63, 3.8) is 0 Å². The van der Waals surface area contributed by atoms with Crippen LogP contribution in [0.1, 0.15) is 18.1 Å². The van der Waals surface area contributed by atoms with Crippen LogP contribution in [0.5, 0.6) is 11.5 Å². The summed E-state index contributed by atoms with van der Waals surface area (Å²) >= 11 is 0. The molecule has 0 bridgehead atoms. The van der Waals surface area contributed by atoms with E-state index in [1.54, 1.807) is 25.1 Å². The Morgan fingerprint density at radius 2 is 1.89 bits per heavy atom. The molecule has 27 heavy (non-hydrogen) atoms. The van der Waals surface area contributed by atoms with Crippen molar-refractivity contribution in [3.8, 4) is 11.5 Å². The number of anilines is 2. The Morgan fingerprint density at radius 3 is 2.56 bits per heavy atom. The normalized spacial score (nSPS) is 13.6. The largest absolute Gasteiger partial charge is 0.454 e. The molecule has 1 atom stereocenters. The fraction of sp³-hybridized carbons (Fsp3) is 0.278. The third-order valence-electron chi connectivity index (χ3n) is 4.05. The lowest BCUT2D eigenvalue weighted by Gasteiger charge is -2.15. The van der Waals surface area contributed by atoms with Gasteiger partial charge in [0.15, 0.2) is 11.5 Å². The van der Waals surface area contributed by atoms with Crippen LogP contribution in [-0.4, -0.2) is 12.7 Å². The van der Waals surface area contributed by atoms with Crippen molar-refractivity contribution in [2.75, 3.05) is 17.8 Å². The van der Waals surface area contributed by atoms with E-state index in [2.05, 4.69) is 5.32 Å². The first-order valence-corrected chi connectivity index (χ1v) is 7.90. The van der Waals surface area contributed by atoms with Crippen LogP contribution in [0, 0.1) is 5.92 Å². The van der Waals surface area contributed by atoms with Gasteiger partial charge in [0.2, 0.25) is 12.7 Å². The molecular formula is C18H18ClF3N2O3. The average Bonchev–Trinajstić information content (AvgIpc) is 3.01. The SMILES string of the molecule is CC(Cc1cccc(C(F)(F)F)c1)C(=O)Nc1cc2c(cc1N)OCO2.Cl. The lowest BCUT2D eigenvalue weighted by molar-refractivity contribution is -0.137. The van der Waals surface area contributed by atoms with E-state index in [1.165, 1.54) is 6.07 Å². The number of fused-ring (bicyclic) bond motifs is 1. The number of amides is 1. The molecule has 0 aliphatic carbocycles. The fourth-order valence-electron chi connectivity index (χ4n) is 2.64. The molecule has 0 aromatic heterocycles. The molecule has 0 radical (unpaired) electrons. The van der Waals surface area contributed by atoms with Crippen LogP contribution in [0.4, 0.5) is 24.5 Å². The zero-order chi connectivity index (χ0) is 18.9. The Bertz CT molecular complexity index is 843. The number of carbonyl (C=O) groups is 1. The Hall–Kier alpha value is -2.61. The van der Waals surface area contributed by atoms with Crippen molar-refractivity contribution in [3.05, 3.63) is 47.5 Å². The Balaban J connectivity index is 0.00000261. The van der Waals surface area contributed by atoms with E-state index < -0.39 is 17.7 Å². The van der Waals surface area contributed by atoms with E-state index in [1.807, 2.05) is 0 Å². The van der Waals surface area contributed by atoms with Crippen LogP contribution in [0.2, 0.25) is 0 Å². The number of nitrogen functional groups attached to an aromatic ring is 1. The summed E-state index contributed by atoms with van der Waals surface area (Å²) in [4.78, 5) is 12.4. The molecule has 2 aromatic carbocycles. The topological polar surface area (TPSA) is 73.6 Å².